The molecule has 4 heteroatoms. The Balaban J connectivity index is 2.11. The van der Waals surface area contributed by atoms with Crippen LogP contribution in [0.5, 0.6) is 0 Å². The summed E-state index contributed by atoms with van der Waals surface area (Å²) in [6.07, 6.45) is 4.64. The predicted molar refractivity (Wildman–Crippen MR) is 71.2 cm³/mol. The number of likely N-dealkylation sites (tertiary alicyclic amines) is 1. The number of pyridine rings is 1. The molecule has 1 aliphatic rings. The Bertz CT molecular complexity index is 404. The van der Waals surface area contributed by atoms with Crippen molar-refractivity contribution in [3.8, 4) is 0 Å². The van der Waals surface area contributed by atoms with Gasteiger partial charge in [-0.15, -0.1) is 0 Å². The monoisotopic (exact) mass is 250 g/mol. The van der Waals surface area contributed by atoms with Gasteiger partial charge in [-0.05, 0) is 24.8 Å². The molecule has 1 fully saturated rings. The first-order valence-electron chi connectivity index (χ1n) is 5.84. The number of hydrogen-bond donors (Lipinski definition) is 0. The molecule has 1 aromatic rings. The van der Waals surface area contributed by atoms with Crippen LogP contribution >= 0.6 is 11.8 Å². The van der Waals surface area contributed by atoms with E-state index in [-0.39, 0.29) is 5.91 Å². The maximum absolute atomic E-state index is 11.5. The minimum absolute atomic E-state index is 0.233. The summed E-state index contributed by atoms with van der Waals surface area (Å²) >= 11 is 1.79. The summed E-state index contributed by atoms with van der Waals surface area (Å²) in [5, 5.41) is 0.428. The summed E-state index contributed by atoms with van der Waals surface area (Å²) in [5.74, 6) is 0.551. The van der Waals surface area contributed by atoms with Gasteiger partial charge in [0.2, 0.25) is 5.91 Å². The summed E-state index contributed by atoms with van der Waals surface area (Å²) in [4.78, 5) is 17.8. The highest BCUT2D eigenvalue weighted by Gasteiger charge is 2.28. The Morgan fingerprint density at radius 2 is 2.29 bits per heavy atom. The molecule has 2 heterocycles. The standard InChI is InChI=1S/C13H18N2OS/c1-9(17-3)12-5-4-10(7-14-12)11-6-13(16)15(2)8-11/h4-5,7,9,11H,6,8H2,1-3H3. The summed E-state index contributed by atoms with van der Waals surface area (Å²) in [6.45, 7) is 2.97. The molecule has 2 atom stereocenters. The van der Waals surface area contributed by atoms with Crippen LogP contribution in [0.4, 0.5) is 0 Å². The number of thioether (sulfide) groups is 1. The van der Waals surface area contributed by atoms with Crippen molar-refractivity contribution in [1.82, 2.24) is 9.88 Å². The predicted octanol–water partition coefficient (Wildman–Crippen LogP) is 2.45. The second-order valence-electron chi connectivity index (χ2n) is 4.57. The van der Waals surface area contributed by atoms with Crippen LogP contribution in [0.15, 0.2) is 18.3 Å². The highest BCUT2D eigenvalue weighted by molar-refractivity contribution is 7.98. The van der Waals surface area contributed by atoms with Crippen molar-refractivity contribution in [1.29, 1.82) is 0 Å². The first-order valence-corrected chi connectivity index (χ1v) is 7.13. The van der Waals surface area contributed by atoms with Crippen molar-refractivity contribution in [3.63, 3.8) is 0 Å². The van der Waals surface area contributed by atoms with Gasteiger partial charge in [0.15, 0.2) is 0 Å². The Morgan fingerprint density at radius 3 is 2.76 bits per heavy atom. The van der Waals surface area contributed by atoms with Gasteiger partial charge in [-0.2, -0.15) is 11.8 Å². The molecule has 1 aliphatic heterocycles. The molecule has 3 nitrogen and oxygen atoms in total. The topological polar surface area (TPSA) is 33.2 Å². The summed E-state index contributed by atoms with van der Waals surface area (Å²) in [6, 6.07) is 4.20. The van der Waals surface area contributed by atoms with Gasteiger partial charge in [-0.25, -0.2) is 0 Å². The van der Waals surface area contributed by atoms with Crippen LogP contribution in [0, 0.1) is 0 Å². The van der Waals surface area contributed by atoms with Crippen molar-refractivity contribution in [3.05, 3.63) is 29.6 Å². The Morgan fingerprint density at radius 1 is 1.53 bits per heavy atom. The van der Waals surface area contributed by atoms with Crippen LogP contribution in [0.25, 0.3) is 0 Å². The Kier molecular flexibility index (Phi) is 3.72. The number of amides is 1. The summed E-state index contributed by atoms with van der Waals surface area (Å²) in [5.41, 5.74) is 2.29. The van der Waals surface area contributed by atoms with E-state index in [0.717, 1.165) is 12.2 Å². The summed E-state index contributed by atoms with van der Waals surface area (Å²) in [7, 11) is 1.86. The summed E-state index contributed by atoms with van der Waals surface area (Å²) < 4.78 is 0. The van der Waals surface area contributed by atoms with Crippen molar-refractivity contribution in [2.75, 3.05) is 19.8 Å². The second kappa shape index (κ2) is 5.08. The maximum atomic E-state index is 11.5. The second-order valence-corrected chi connectivity index (χ2v) is 5.75. The molecule has 0 N–H and O–H groups in total. The van der Waals surface area contributed by atoms with Crippen molar-refractivity contribution in [2.24, 2.45) is 0 Å². The molecule has 0 aromatic carbocycles. The quantitative estimate of drug-likeness (QED) is 0.826. The fourth-order valence-electron chi connectivity index (χ4n) is 2.11. The molecule has 0 bridgehead atoms. The molecule has 0 radical (unpaired) electrons. The molecular weight excluding hydrogens is 232 g/mol. The Hall–Kier alpha value is -1.03. The smallest absolute Gasteiger partial charge is 0.223 e. The molecule has 1 saturated heterocycles. The lowest BCUT2D eigenvalue weighted by Gasteiger charge is -2.12. The fraction of sp³-hybridized carbons (Fsp3) is 0.538. The number of aromatic nitrogens is 1. The lowest BCUT2D eigenvalue weighted by Crippen LogP contribution is -2.18. The minimum Gasteiger partial charge on any atom is -0.345 e. The van der Waals surface area contributed by atoms with Crippen LogP contribution in [-0.2, 0) is 4.79 Å². The molecule has 0 spiro atoms. The van der Waals surface area contributed by atoms with Gasteiger partial charge in [0, 0.05) is 37.4 Å². The van der Waals surface area contributed by atoms with E-state index in [4.69, 9.17) is 0 Å². The number of carbonyl (C=O) groups excluding carboxylic acids is 1. The van der Waals surface area contributed by atoms with Gasteiger partial charge in [-0.1, -0.05) is 6.07 Å². The number of carbonyl (C=O) groups is 1. The van der Waals surface area contributed by atoms with Gasteiger partial charge >= 0.3 is 0 Å². The highest BCUT2D eigenvalue weighted by atomic mass is 32.2. The highest BCUT2D eigenvalue weighted by Crippen LogP contribution is 2.29. The van der Waals surface area contributed by atoms with E-state index in [1.807, 2.05) is 13.2 Å². The normalized spacial score (nSPS) is 21.9. The third kappa shape index (κ3) is 2.63. The van der Waals surface area contributed by atoms with E-state index < -0.39 is 0 Å². The molecule has 92 valence electrons. The van der Waals surface area contributed by atoms with Gasteiger partial charge < -0.3 is 4.90 Å². The largest absolute Gasteiger partial charge is 0.345 e. The SMILES string of the molecule is CSC(C)c1ccc(C2CC(=O)N(C)C2)cn1. The molecule has 0 aliphatic carbocycles. The van der Waals surface area contributed by atoms with E-state index in [1.54, 1.807) is 16.7 Å². The van der Waals surface area contributed by atoms with Crippen LogP contribution in [0.2, 0.25) is 0 Å². The fourth-order valence-corrected chi connectivity index (χ4v) is 2.49. The van der Waals surface area contributed by atoms with E-state index in [0.29, 0.717) is 17.6 Å². The van der Waals surface area contributed by atoms with Crippen molar-refractivity contribution < 1.29 is 4.79 Å². The number of likely N-dealkylation sites (N-methyl/N-ethyl adjacent to an activating group) is 1. The minimum atomic E-state index is 0.233. The molecule has 2 rings (SSSR count). The van der Waals surface area contributed by atoms with E-state index in [1.165, 1.54) is 5.56 Å². The molecular formula is C13H18N2OS. The number of nitrogens with zero attached hydrogens (tertiary/aromatic N) is 2. The molecule has 1 aromatic heterocycles. The van der Waals surface area contributed by atoms with Crippen molar-refractivity contribution in [2.45, 2.75) is 24.5 Å². The first kappa shape index (κ1) is 12.4. The van der Waals surface area contributed by atoms with Gasteiger partial charge in [-0.3, -0.25) is 9.78 Å². The van der Waals surface area contributed by atoms with E-state index >= 15 is 0 Å². The third-order valence-electron chi connectivity index (χ3n) is 3.39. The average Bonchev–Trinajstić information content (AvgIpc) is 2.69. The van der Waals surface area contributed by atoms with Gasteiger partial charge in [0.25, 0.3) is 0 Å². The van der Waals surface area contributed by atoms with Crippen LogP contribution in [0.1, 0.15) is 35.8 Å². The van der Waals surface area contributed by atoms with E-state index in [2.05, 4.69) is 30.3 Å². The van der Waals surface area contributed by atoms with E-state index in [9.17, 15) is 4.79 Å². The van der Waals surface area contributed by atoms with Crippen LogP contribution in [-0.4, -0.2) is 35.6 Å². The molecule has 17 heavy (non-hydrogen) atoms. The third-order valence-corrected chi connectivity index (χ3v) is 4.34. The van der Waals surface area contributed by atoms with Gasteiger partial charge in [0.1, 0.15) is 0 Å². The average molecular weight is 250 g/mol. The zero-order valence-electron chi connectivity index (χ0n) is 10.5. The lowest BCUT2D eigenvalue weighted by atomic mass is 10.00. The zero-order chi connectivity index (χ0) is 12.4. The zero-order valence-corrected chi connectivity index (χ0v) is 11.3. The lowest BCUT2D eigenvalue weighted by molar-refractivity contribution is -0.126. The molecule has 0 saturated carbocycles. The van der Waals surface area contributed by atoms with Crippen LogP contribution in [0.3, 0.4) is 0 Å². The molecule has 2 unspecified atom stereocenters. The maximum Gasteiger partial charge on any atom is 0.223 e. The Labute approximate surface area is 107 Å². The number of rotatable bonds is 3. The van der Waals surface area contributed by atoms with Crippen molar-refractivity contribution >= 4 is 17.7 Å². The number of hydrogen-bond acceptors (Lipinski definition) is 3. The van der Waals surface area contributed by atoms with Gasteiger partial charge in [0.05, 0.1) is 5.69 Å². The van der Waals surface area contributed by atoms with Crippen LogP contribution < -0.4 is 0 Å². The molecule has 1 amide bonds. The first-order chi connectivity index (χ1) is 8.11.